The van der Waals surface area contributed by atoms with Crippen LogP contribution in [0.15, 0.2) is 58.5 Å². The normalized spacial score (nSPS) is 12.9. The number of carbonyl (C=O) groups is 2. The van der Waals surface area contributed by atoms with Gasteiger partial charge in [0.15, 0.2) is 0 Å². The zero-order valence-corrected chi connectivity index (χ0v) is 19.6. The molecule has 160 valence electrons. The maximum Gasteiger partial charge on any atom is 0.264 e. The summed E-state index contributed by atoms with van der Waals surface area (Å²) in [5, 5.41) is 2.86. The lowest BCUT2D eigenvalue weighted by Gasteiger charge is -2.29. The summed E-state index contributed by atoms with van der Waals surface area (Å²) in [6.45, 7) is 2.19. The molecule has 0 unspecified atom stereocenters. The van der Waals surface area contributed by atoms with Crippen LogP contribution in [0.5, 0.6) is 0 Å². The van der Waals surface area contributed by atoms with Crippen LogP contribution in [0.4, 0.5) is 5.82 Å². The van der Waals surface area contributed by atoms with Crippen LogP contribution in [0.3, 0.4) is 0 Å². The van der Waals surface area contributed by atoms with E-state index in [0.717, 1.165) is 34.7 Å². The van der Waals surface area contributed by atoms with Crippen LogP contribution in [0.1, 0.15) is 26.4 Å². The average Bonchev–Trinajstić information content (AvgIpc) is 3.23. The molecule has 3 heterocycles. The van der Waals surface area contributed by atoms with Crippen LogP contribution in [-0.4, -0.2) is 41.8 Å². The number of halogens is 1. The standard InChI is InChI=1S/C23H23BrN4O2S/c1-27(23(30)19-7-8-20(24)31-19)15-22(29)26-13-16-6-9-21(25-12-16)28-11-10-17-4-2-3-5-18(17)14-28/h2-9,12H,10-11,13-15H2,1H3,(H,26,29). The highest BCUT2D eigenvalue weighted by Gasteiger charge is 2.18. The molecule has 0 saturated carbocycles. The number of likely N-dealkylation sites (N-methyl/N-ethyl adjacent to an activating group) is 1. The lowest BCUT2D eigenvalue weighted by Crippen LogP contribution is -2.37. The molecule has 0 aliphatic carbocycles. The van der Waals surface area contributed by atoms with Crippen LogP contribution in [-0.2, 0) is 24.3 Å². The molecule has 0 saturated heterocycles. The molecule has 0 spiro atoms. The van der Waals surface area contributed by atoms with Gasteiger partial charge in [-0.05, 0) is 57.2 Å². The highest BCUT2D eigenvalue weighted by molar-refractivity contribution is 9.11. The maximum absolute atomic E-state index is 12.4. The van der Waals surface area contributed by atoms with Crippen molar-refractivity contribution in [3.05, 3.63) is 80.1 Å². The highest BCUT2D eigenvalue weighted by Crippen LogP contribution is 2.24. The number of fused-ring (bicyclic) bond motifs is 1. The molecule has 0 radical (unpaired) electrons. The first-order chi connectivity index (χ1) is 15.0. The fraction of sp³-hybridized carbons (Fsp3) is 0.261. The minimum absolute atomic E-state index is 0.00700. The number of nitrogens with zero attached hydrogens (tertiary/aromatic N) is 3. The number of thiophene rings is 1. The van der Waals surface area contributed by atoms with Gasteiger partial charge in [-0.15, -0.1) is 11.3 Å². The predicted octanol–water partition coefficient (Wildman–Crippen LogP) is 3.86. The van der Waals surface area contributed by atoms with E-state index in [4.69, 9.17) is 0 Å². The van der Waals surface area contributed by atoms with Gasteiger partial charge in [-0.2, -0.15) is 0 Å². The van der Waals surface area contributed by atoms with E-state index in [1.165, 1.54) is 27.4 Å². The van der Waals surface area contributed by atoms with E-state index in [-0.39, 0.29) is 18.4 Å². The van der Waals surface area contributed by atoms with Crippen molar-refractivity contribution in [2.45, 2.75) is 19.5 Å². The third kappa shape index (κ3) is 5.32. The first-order valence-corrected chi connectivity index (χ1v) is 11.6. The Balaban J connectivity index is 1.27. The van der Waals surface area contributed by atoms with Gasteiger partial charge in [0.25, 0.3) is 5.91 Å². The van der Waals surface area contributed by atoms with Gasteiger partial charge in [0.1, 0.15) is 5.82 Å². The second-order valence-corrected chi connectivity index (χ2v) is 9.97. The predicted molar refractivity (Wildman–Crippen MR) is 126 cm³/mol. The second-order valence-electron chi connectivity index (χ2n) is 7.51. The SMILES string of the molecule is CN(CC(=O)NCc1ccc(N2CCc3ccccc3C2)nc1)C(=O)c1ccc(Br)s1. The van der Waals surface area contributed by atoms with Gasteiger partial charge < -0.3 is 15.1 Å². The molecule has 1 aliphatic heterocycles. The Hall–Kier alpha value is -2.71. The van der Waals surface area contributed by atoms with E-state index >= 15 is 0 Å². The van der Waals surface area contributed by atoms with E-state index in [2.05, 4.69) is 55.4 Å². The Bertz CT molecular complexity index is 1080. The minimum atomic E-state index is -0.205. The Morgan fingerprint density at radius 1 is 1.16 bits per heavy atom. The van der Waals surface area contributed by atoms with Gasteiger partial charge in [-0.1, -0.05) is 30.3 Å². The molecule has 0 fully saturated rings. The highest BCUT2D eigenvalue weighted by atomic mass is 79.9. The van der Waals surface area contributed by atoms with E-state index < -0.39 is 0 Å². The summed E-state index contributed by atoms with van der Waals surface area (Å²) >= 11 is 4.70. The molecule has 6 nitrogen and oxygen atoms in total. The molecule has 3 aromatic rings. The molecule has 2 amide bonds. The molecule has 1 N–H and O–H groups in total. The number of pyridine rings is 1. The maximum atomic E-state index is 12.4. The van der Waals surface area contributed by atoms with E-state index in [9.17, 15) is 9.59 Å². The van der Waals surface area contributed by atoms with E-state index in [0.29, 0.717) is 11.4 Å². The third-order valence-electron chi connectivity index (χ3n) is 5.26. The van der Waals surface area contributed by atoms with Crippen molar-refractivity contribution < 1.29 is 9.59 Å². The molecule has 4 rings (SSSR count). The zero-order chi connectivity index (χ0) is 21.8. The number of nitrogens with one attached hydrogen (secondary N) is 1. The van der Waals surface area contributed by atoms with Gasteiger partial charge in [0, 0.05) is 32.9 Å². The smallest absolute Gasteiger partial charge is 0.264 e. The lowest BCUT2D eigenvalue weighted by atomic mass is 10.00. The van der Waals surface area contributed by atoms with Gasteiger partial charge in [-0.3, -0.25) is 9.59 Å². The van der Waals surface area contributed by atoms with E-state index in [1.807, 2.05) is 18.2 Å². The van der Waals surface area contributed by atoms with Crippen LogP contribution < -0.4 is 10.2 Å². The lowest BCUT2D eigenvalue weighted by molar-refractivity contribution is -0.121. The van der Waals surface area contributed by atoms with E-state index in [1.54, 1.807) is 19.3 Å². The summed E-state index contributed by atoms with van der Waals surface area (Å²) in [4.78, 5) is 33.5. The first kappa shape index (κ1) is 21.5. The summed E-state index contributed by atoms with van der Waals surface area (Å²) < 4.78 is 0.887. The fourth-order valence-corrected chi connectivity index (χ4v) is 4.94. The van der Waals surface area contributed by atoms with Crippen LogP contribution in [0.2, 0.25) is 0 Å². The average molecular weight is 499 g/mol. The third-order valence-corrected chi connectivity index (χ3v) is 6.88. The van der Waals surface area contributed by atoms with Gasteiger partial charge in [0.2, 0.25) is 5.91 Å². The Morgan fingerprint density at radius 2 is 1.97 bits per heavy atom. The van der Waals surface area contributed by atoms with Crippen molar-refractivity contribution in [2.24, 2.45) is 0 Å². The van der Waals surface area contributed by atoms with Crippen molar-refractivity contribution in [1.29, 1.82) is 0 Å². The molecule has 1 aromatic carbocycles. The summed E-state index contributed by atoms with van der Waals surface area (Å²) in [6.07, 6.45) is 2.82. The summed E-state index contributed by atoms with van der Waals surface area (Å²) in [5.41, 5.74) is 3.68. The van der Waals surface area contributed by atoms with Crippen molar-refractivity contribution in [3.8, 4) is 0 Å². The first-order valence-electron chi connectivity index (χ1n) is 10.0. The van der Waals surface area contributed by atoms with Crippen molar-refractivity contribution in [1.82, 2.24) is 15.2 Å². The van der Waals surface area contributed by atoms with Gasteiger partial charge >= 0.3 is 0 Å². The summed E-state index contributed by atoms with van der Waals surface area (Å²) in [5.74, 6) is 0.570. The molecule has 0 bridgehead atoms. The number of hydrogen-bond acceptors (Lipinski definition) is 5. The number of amides is 2. The largest absolute Gasteiger partial charge is 0.352 e. The van der Waals surface area contributed by atoms with Crippen molar-refractivity contribution in [3.63, 3.8) is 0 Å². The van der Waals surface area contributed by atoms with Crippen molar-refractivity contribution >= 4 is 44.9 Å². The molecular formula is C23H23BrN4O2S. The Kier molecular flexibility index (Phi) is 6.67. The number of rotatable bonds is 6. The van der Waals surface area contributed by atoms with Crippen LogP contribution in [0, 0.1) is 0 Å². The summed E-state index contributed by atoms with van der Waals surface area (Å²) in [7, 11) is 1.63. The zero-order valence-electron chi connectivity index (χ0n) is 17.2. The van der Waals surface area contributed by atoms with Gasteiger partial charge in [-0.25, -0.2) is 4.98 Å². The molecular weight excluding hydrogens is 476 g/mol. The molecule has 0 atom stereocenters. The van der Waals surface area contributed by atoms with Crippen molar-refractivity contribution in [2.75, 3.05) is 25.0 Å². The van der Waals surface area contributed by atoms with Gasteiger partial charge in [0.05, 0.1) is 15.2 Å². The quantitative estimate of drug-likeness (QED) is 0.560. The number of anilines is 1. The Morgan fingerprint density at radius 3 is 2.68 bits per heavy atom. The number of carbonyl (C=O) groups excluding carboxylic acids is 2. The number of aromatic nitrogens is 1. The van der Waals surface area contributed by atoms with Crippen LogP contribution in [0.25, 0.3) is 0 Å². The molecule has 2 aromatic heterocycles. The molecule has 8 heteroatoms. The summed E-state index contributed by atoms with van der Waals surface area (Å²) in [6, 6.07) is 16.1. The molecule has 31 heavy (non-hydrogen) atoms. The topological polar surface area (TPSA) is 65.5 Å². The Labute approximate surface area is 194 Å². The van der Waals surface area contributed by atoms with Crippen LogP contribution >= 0.6 is 27.3 Å². The number of hydrogen-bond donors (Lipinski definition) is 1. The second kappa shape index (κ2) is 9.62. The monoisotopic (exact) mass is 498 g/mol. The fourth-order valence-electron chi connectivity index (χ4n) is 3.56. The number of benzene rings is 1. The molecule has 1 aliphatic rings. The minimum Gasteiger partial charge on any atom is -0.352 e.